The summed E-state index contributed by atoms with van der Waals surface area (Å²) >= 11 is 5.97. The van der Waals surface area contributed by atoms with Crippen molar-refractivity contribution < 1.29 is 4.74 Å². The zero-order valence-corrected chi connectivity index (χ0v) is 15.5. The van der Waals surface area contributed by atoms with Crippen LogP contribution in [-0.4, -0.2) is 54.4 Å². The predicted octanol–water partition coefficient (Wildman–Crippen LogP) is 3.81. The molecule has 2 aromatic carbocycles. The van der Waals surface area contributed by atoms with Crippen molar-refractivity contribution in [1.29, 1.82) is 0 Å². The van der Waals surface area contributed by atoms with Crippen molar-refractivity contribution in [3.8, 4) is 5.75 Å². The molecule has 0 bridgehead atoms. The van der Waals surface area contributed by atoms with Gasteiger partial charge in [0.15, 0.2) is 0 Å². The molecular weight excluding hydrogens is 348 g/mol. The molecule has 1 aliphatic heterocycles. The van der Waals surface area contributed by atoms with Crippen molar-refractivity contribution in [2.24, 2.45) is 0 Å². The van der Waals surface area contributed by atoms with Gasteiger partial charge in [0, 0.05) is 48.8 Å². The number of benzene rings is 2. The Balaban J connectivity index is 1.18. The fourth-order valence-electron chi connectivity index (χ4n) is 3.37. The number of H-pyrrole nitrogens is 1. The van der Waals surface area contributed by atoms with Gasteiger partial charge in [0.05, 0.1) is 18.3 Å². The Hall–Kier alpha value is -2.24. The first-order valence-electron chi connectivity index (χ1n) is 9.07. The van der Waals surface area contributed by atoms with Gasteiger partial charge in [0.25, 0.3) is 0 Å². The summed E-state index contributed by atoms with van der Waals surface area (Å²) in [7, 11) is 0. The van der Waals surface area contributed by atoms with Gasteiger partial charge in [-0.1, -0.05) is 11.6 Å². The molecule has 0 unspecified atom stereocenters. The van der Waals surface area contributed by atoms with Gasteiger partial charge in [0.2, 0.25) is 0 Å². The van der Waals surface area contributed by atoms with Gasteiger partial charge >= 0.3 is 0 Å². The second-order valence-corrected chi connectivity index (χ2v) is 7.06. The maximum Gasteiger partial charge on any atom is 0.120 e. The van der Waals surface area contributed by atoms with Gasteiger partial charge in [-0.2, -0.15) is 5.10 Å². The number of halogens is 1. The molecule has 1 saturated heterocycles. The first kappa shape index (κ1) is 17.2. The molecule has 136 valence electrons. The van der Waals surface area contributed by atoms with Gasteiger partial charge in [-0.25, -0.2) is 0 Å². The predicted molar refractivity (Wildman–Crippen MR) is 106 cm³/mol. The number of rotatable bonds is 6. The SMILES string of the molecule is Clc1ccc(N2CCN(CCCOc3ccc4[nH]ncc4c3)CC2)cc1. The molecule has 0 amide bonds. The zero-order valence-electron chi connectivity index (χ0n) is 14.7. The highest BCUT2D eigenvalue weighted by Crippen LogP contribution is 2.20. The number of ether oxygens (including phenoxy) is 1. The quantitative estimate of drug-likeness (QED) is 0.670. The fourth-order valence-corrected chi connectivity index (χ4v) is 3.50. The van der Waals surface area contributed by atoms with E-state index in [-0.39, 0.29) is 0 Å². The Kier molecular flexibility index (Phi) is 5.27. The summed E-state index contributed by atoms with van der Waals surface area (Å²) < 4.78 is 5.88. The summed E-state index contributed by atoms with van der Waals surface area (Å²) in [4.78, 5) is 4.93. The topological polar surface area (TPSA) is 44.4 Å². The lowest BCUT2D eigenvalue weighted by Gasteiger charge is -2.36. The molecule has 26 heavy (non-hydrogen) atoms. The summed E-state index contributed by atoms with van der Waals surface area (Å²) in [6.45, 7) is 6.09. The van der Waals surface area contributed by atoms with E-state index in [1.165, 1.54) is 5.69 Å². The molecular formula is C20H23ClN4O. The lowest BCUT2D eigenvalue weighted by molar-refractivity contribution is 0.225. The van der Waals surface area contributed by atoms with Crippen molar-refractivity contribution in [2.45, 2.75) is 6.42 Å². The van der Waals surface area contributed by atoms with Crippen molar-refractivity contribution in [3.05, 3.63) is 53.7 Å². The summed E-state index contributed by atoms with van der Waals surface area (Å²) in [5.41, 5.74) is 2.29. The van der Waals surface area contributed by atoms with E-state index in [4.69, 9.17) is 16.3 Å². The van der Waals surface area contributed by atoms with Crippen LogP contribution in [0.4, 0.5) is 5.69 Å². The second-order valence-electron chi connectivity index (χ2n) is 6.63. The van der Waals surface area contributed by atoms with Crippen LogP contribution in [0.5, 0.6) is 5.75 Å². The fraction of sp³-hybridized carbons (Fsp3) is 0.350. The number of fused-ring (bicyclic) bond motifs is 1. The van der Waals surface area contributed by atoms with Gasteiger partial charge in [-0.3, -0.25) is 10.00 Å². The Bertz CT molecular complexity index is 840. The van der Waals surface area contributed by atoms with Gasteiger partial charge in [-0.05, 0) is 48.9 Å². The Morgan fingerprint density at radius 1 is 1.04 bits per heavy atom. The lowest BCUT2D eigenvalue weighted by atomic mass is 10.2. The third-order valence-electron chi connectivity index (χ3n) is 4.86. The minimum absolute atomic E-state index is 0.737. The second kappa shape index (κ2) is 7.98. The molecule has 0 atom stereocenters. The maximum absolute atomic E-state index is 5.97. The normalized spacial score (nSPS) is 15.5. The zero-order chi connectivity index (χ0) is 17.8. The maximum atomic E-state index is 5.97. The van der Waals surface area contributed by atoms with Crippen LogP contribution in [0.2, 0.25) is 5.02 Å². The lowest BCUT2D eigenvalue weighted by Crippen LogP contribution is -2.46. The highest BCUT2D eigenvalue weighted by Gasteiger charge is 2.16. The van der Waals surface area contributed by atoms with Gasteiger partial charge in [0.1, 0.15) is 5.75 Å². The molecule has 5 nitrogen and oxygen atoms in total. The average molecular weight is 371 g/mol. The number of nitrogens with zero attached hydrogens (tertiary/aromatic N) is 3. The number of nitrogens with one attached hydrogen (secondary N) is 1. The highest BCUT2D eigenvalue weighted by molar-refractivity contribution is 6.30. The Labute approximate surface area is 158 Å². The van der Waals surface area contributed by atoms with E-state index in [1.807, 2.05) is 36.5 Å². The number of aromatic amines is 1. The number of hydrogen-bond donors (Lipinski definition) is 1. The average Bonchev–Trinajstić information content (AvgIpc) is 3.14. The molecule has 0 radical (unpaired) electrons. The van der Waals surface area contributed by atoms with Crippen LogP contribution < -0.4 is 9.64 Å². The van der Waals surface area contributed by atoms with E-state index in [1.54, 1.807) is 0 Å². The molecule has 6 heteroatoms. The molecule has 1 aliphatic rings. The van der Waals surface area contributed by atoms with Crippen LogP contribution in [-0.2, 0) is 0 Å². The van der Waals surface area contributed by atoms with Crippen molar-refractivity contribution in [3.63, 3.8) is 0 Å². The van der Waals surface area contributed by atoms with Crippen molar-refractivity contribution in [1.82, 2.24) is 15.1 Å². The molecule has 4 rings (SSSR count). The van der Waals surface area contributed by atoms with Crippen molar-refractivity contribution >= 4 is 28.2 Å². The minimum atomic E-state index is 0.737. The molecule has 1 fully saturated rings. The number of piperazine rings is 1. The van der Waals surface area contributed by atoms with E-state index in [2.05, 4.69) is 32.1 Å². The number of hydrogen-bond acceptors (Lipinski definition) is 4. The van der Waals surface area contributed by atoms with E-state index in [0.717, 1.165) is 67.4 Å². The van der Waals surface area contributed by atoms with Crippen LogP contribution in [0.3, 0.4) is 0 Å². The monoisotopic (exact) mass is 370 g/mol. The smallest absolute Gasteiger partial charge is 0.120 e. The highest BCUT2D eigenvalue weighted by atomic mass is 35.5. The van der Waals surface area contributed by atoms with Crippen LogP contribution >= 0.6 is 11.6 Å². The third kappa shape index (κ3) is 4.11. The summed E-state index contributed by atoms with van der Waals surface area (Å²) in [5, 5.41) is 8.86. The van der Waals surface area contributed by atoms with Crippen molar-refractivity contribution in [2.75, 3.05) is 44.2 Å². The molecule has 3 aromatic rings. The first-order valence-corrected chi connectivity index (χ1v) is 9.44. The molecule has 1 N–H and O–H groups in total. The van der Waals surface area contributed by atoms with E-state index < -0.39 is 0 Å². The number of anilines is 1. The molecule has 0 spiro atoms. The van der Waals surface area contributed by atoms with Crippen LogP contribution in [0, 0.1) is 0 Å². The Morgan fingerprint density at radius 3 is 2.65 bits per heavy atom. The largest absolute Gasteiger partial charge is 0.494 e. The molecule has 1 aromatic heterocycles. The minimum Gasteiger partial charge on any atom is -0.494 e. The Morgan fingerprint density at radius 2 is 1.85 bits per heavy atom. The molecule has 0 saturated carbocycles. The standard InChI is InChI=1S/C20H23ClN4O/c21-17-2-4-18(5-3-17)25-11-9-24(10-12-25)8-1-13-26-19-6-7-20-16(14-19)15-22-23-20/h2-7,14-15H,1,8-13H2,(H,22,23). The first-order chi connectivity index (χ1) is 12.8. The molecule has 2 heterocycles. The third-order valence-corrected chi connectivity index (χ3v) is 5.12. The number of aromatic nitrogens is 2. The van der Waals surface area contributed by atoms with Crippen LogP contribution in [0.25, 0.3) is 10.9 Å². The van der Waals surface area contributed by atoms with E-state index in [9.17, 15) is 0 Å². The van der Waals surface area contributed by atoms with Crippen LogP contribution in [0.1, 0.15) is 6.42 Å². The summed E-state index contributed by atoms with van der Waals surface area (Å²) in [6, 6.07) is 14.1. The molecule has 0 aliphatic carbocycles. The van der Waals surface area contributed by atoms with Gasteiger partial charge < -0.3 is 9.64 Å². The summed E-state index contributed by atoms with van der Waals surface area (Å²) in [6.07, 6.45) is 2.85. The summed E-state index contributed by atoms with van der Waals surface area (Å²) in [5.74, 6) is 0.909. The van der Waals surface area contributed by atoms with E-state index in [0.29, 0.717) is 0 Å². The van der Waals surface area contributed by atoms with E-state index >= 15 is 0 Å². The van der Waals surface area contributed by atoms with Gasteiger partial charge in [-0.15, -0.1) is 0 Å². The van der Waals surface area contributed by atoms with Crippen LogP contribution in [0.15, 0.2) is 48.7 Å².